The van der Waals surface area contributed by atoms with E-state index in [1.807, 2.05) is 0 Å². The number of benzene rings is 1. The van der Waals surface area contributed by atoms with E-state index in [9.17, 15) is 13.6 Å². The molecule has 0 atom stereocenters. The van der Waals surface area contributed by atoms with Crippen LogP contribution in [0.4, 0.5) is 19.3 Å². The maximum absolute atomic E-state index is 13.0. The summed E-state index contributed by atoms with van der Waals surface area (Å²) in [4.78, 5) is 11.3. The Hall–Kier alpha value is -1.36. The standard InChI is InChI=1S/C11H12ClF2NO2/c1-11(2,3)17-10(16)15-6-4-7(12)9(14)8(13)5-6/h4-5H,1-3H3,(H,15,16). The third-order valence-corrected chi connectivity index (χ3v) is 1.90. The molecular formula is C11H12ClF2NO2. The van der Waals surface area contributed by atoms with Crippen LogP contribution in [0.15, 0.2) is 12.1 Å². The number of carbonyl (C=O) groups is 1. The minimum absolute atomic E-state index is 0.0307. The Labute approximate surface area is 103 Å². The molecule has 0 unspecified atom stereocenters. The summed E-state index contributed by atoms with van der Waals surface area (Å²) in [6.45, 7) is 5.06. The Kier molecular flexibility index (Phi) is 3.93. The van der Waals surface area contributed by atoms with Gasteiger partial charge < -0.3 is 4.74 Å². The number of halogens is 3. The van der Waals surface area contributed by atoms with Crippen LogP contribution in [0.1, 0.15) is 20.8 Å². The van der Waals surface area contributed by atoms with E-state index in [0.717, 1.165) is 12.1 Å². The van der Waals surface area contributed by atoms with Gasteiger partial charge in [0, 0.05) is 11.8 Å². The molecule has 0 bridgehead atoms. The van der Waals surface area contributed by atoms with Gasteiger partial charge in [0.1, 0.15) is 5.60 Å². The number of nitrogens with one attached hydrogen (secondary N) is 1. The Balaban J connectivity index is 2.79. The maximum Gasteiger partial charge on any atom is 0.412 e. The maximum atomic E-state index is 13.0. The van der Waals surface area contributed by atoms with Crippen molar-refractivity contribution in [1.82, 2.24) is 0 Å². The number of anilines is 1. The number of amides is 1. The number of ether oxygens (including phenoxy) is 1. The molecule has 1 aromatic rings. The largest absolute Gasteiger partial charge is 0.444 e. The van der Waals surface area contributed by atoms with E-state index in [0.29, 0.717) is 0 Å². The molecule has 1 N–H and O–H groups in total. The first-order chi connectivity index (χ1) is 7.69. The van der Waals surface area contributed by atoms with Crippen LogP contribution in [0, 0.1) is 11.6 Å². The van der Waals surface area contributed by atoms with Crippen LogP contribution in [0.25, 0.3) is 0 Å². The lowest BCUT2D eigenvalue weighted by molar-refractivity contribution is 0.0636. The van der Waals surface area contributed by atoms with E-state index < -0.39 is 28.4 Å². The van der Waals surface area contributed by atoms with Crippen LogP contribution in [-0.4, -0.2) is 11.7 Å². The zero-order chi connectivity index (χ0) is 13.2. The lowest BCUT2D eigenvalue weighted by Crippen LogP contribution is -2.27. The molecule has 0 aliphatic rings. The highest BCUT2D eigenvalue weighted by molar-refractivity contribution is 6.31. The zero-order valence-electron chi connectivity index (χ0n) is 9.61. The summed E-state index contributed by atoms with van der Waals surface area (Å²) >= 11 is 5.43. The molecule has 1 rings (SSSR count). The van der Waals surface area contributed by atoms with Crippen molar-refractivity contribution >= 4 is 23.4 Å². The zero-order valence-corrected chi connectivity index (χ0v) is 10.4. The summed E-state index contributed by atoms with van der Waals surface area (Å²) in [5, 5.41) is 1.85. The van der Waals surface area contributed by atoms with Crippen molar-refractivity contribution < 1.29 is 18.3 Å². The summed E-state index contributed by atoms with van der Waals surface area (Å²) in [7, 11) is 0. The molecule has 0 radical (unpaired) electrons. The summed E-state index contributed by atoms with van der Waals surface area (Å²) in [6.07, 6.45) is -0.764. The first-order valence-electron chi connectivity index (χ1n) is 4.83. The average Bonchev–Trinajstić information content (AvgIpc) is 2.10. The molecule has 6 heteroatoms. The SMILES string of the molecule is CC(C)(C)OC(=O)Nc1cc(F)c(F)c(Cl)c1. The van der Waals surface area contributed by atoms with Crippen LogP contribution in [0.2, 0.25) is 5.02 Å². The van der Waals surface area contributed by atoms with Crippen molar-refractivity contribution in [3.8, 4) is 0 Å². The molecular weight excluding hydrogens is 252 g/mol. The second-order valence-corrected chi connectivity index (χ2v) is 4.79. The highest BCUT2D eigenvalue weighted by Crippen LogP contribution is 2.23. The molecule has 17 heavy (non-hydrogen) atoms. The third kappa shape index (κ3) is 4.19. The van der Waals surface area contributed by atoms with Gasteiger partial charge in [0.2, 0.25) is 0 Å². The fourth-order valence-electron chi connectivity index (χ4n) is 1.05. The van der Waals surface area contributed by atoms with E-state index in [-0.39, 0.29) is 5.69 Å². The second-order valence-electron chi connectivity index (χ2n) is 4.38. The predicted octanol–water partition coefficient (Wildman–Crippen LogP) is 3.97. The first kappa shape index (κ1) is 13.7. The molecule has 0 saturated heterocycles. The molecule has 0 fully saturated rings. The minimum Gasteiger partial charge on any atom is -0.444 e. The molecule has 0 aliphatic heterocycles. The predicted molar refractivity (Wildman–Crippen MR) is 61.2 cm³/mol. The molecule has 0 aliphatic carbocycles. The number of rotatable bonds is 1. The van der Waals surface area contributed by atoms with Gasteiger partial charge in [-0.05, 0) is 26.8 Å². The van der Waals surface area contributed by atoms with Crippen molar-refractivity contribution in [2.45, 2.75) is 26.4 Å². The Morgan fingerprint density at radius 2 is 1.94 bits per heavy atom. The molecule has 3 nitrogen and oxygen atoms in total. The Bertz CT molecular complexity index is 421. The van der Waals surface area contributed by atoms with Gasteiger partial charge in [0.25, 0.3) is 0 Å². The smallest absolute Gasteiger partial charge is 0.412 e. The minimum atomic E-state index is -1.15. The van der Waals surface area contributed by atoms with Crippen LogP contribution in [0.5, 0.6) is 0 Å². The lowest BCUT2D eigenvalue weighted by atomic mass is 10.2. The van der Waals surface area contributed by atoms with E-state index in [1.54, 1.807) is 20.8 Å². The molecule has 1 aromatic carbocycles. The monoisotopic (exact) mass is 263 g/mol. The quantitative estimate of drug-likeness (QED) is 0.779. The normalized spacial score (nSPS) is 11.2. The van der Waals surface area contributed by atoms with Crippen molar-refractivity contribution in [2.24, 2.45) is 0 Å². The molecule has 0 aromatic heterocycles. The average molecular weight is 264 g/mol. The van der Waals surface area contributed by atoms with Gasteiger partial charge in [-0.3, -0.25) is 5.32 Å². The molecule has 94 valence electrons. The van der Waals surface area contributed by atoms with Crippen molar-refractivity contribution in [3.63, 3.8) is 0 Å². The summed E-state index contributed by atoms with van der Waals surface area (Å²) < 4.78 is 30.8. The highest BCUT2D eigenvalue weighted by Gasteiger charge is 2.17. The second kappa shape index (κ2) is 4.87. The van der Waals surface area contributed by atoms with E-state index in [2.05, 4.69) is 5.32 Å². The fraction of sp³-hybridized carbons (Fsp3) is 0.364. The summed E-state index contributed by atoms with van der Waals surface area (Å²) in [5.74, 6) is -2.29. The van der Waals surface area contributed by atoms with Crippen molar-refractivity contribution in [1.29, 1.82) is 0 Å². The van der Waals surface area contributed by atoms with Gasteiger partial charge in [-0.15, -0.1) is 0 Å². The first-order valence-corrected chi connectivity index (χ1v) is 5.21. The van der Waals surface area contributed by atoms with Crippen LogP contribution < -0.4 is 5.32 Å². The molecule has 1 amide bonds. The number of carbonyl (C=O) groups excluding carboxylic acids is 1. The molecule has 0 saturated carbocycles. The van der Waals surface area contributed by atoms with Crippen LogP contribution in [-0.2, 0) is 4.74 Å². The summed E-state index contributed by atoms with van der Waals surface area (Å²) in [6, 6.07) is 1.93. The van der Waals surface area contributed by atoms with Gasteiger partial charge in [-0.2, -0.15) is 0 Å². The van der Waals surface area contributed by atoms with Crippen LogP contribution >= 0.6 is 11.6 Å². The lowest BCUT2D eigenvalue weighted by Gasteiger charge is -2.19. The van der Waals surface area contributed by atoms with Gasteiger partial charge in [-0.1, -0.05) is 11.6 Å². The van der Waals surface area contributed by atoms with Gasteiger partial charge in [0.05, 0.1) is 5.02 Å². The third-order valence-electron chi connectivity index (χ3n) is 1.63. The van der Waals surface area contributed by atoms with Crippen molar-refractivity contribution in [3.05, 3.63) is 28.8 Å². The van der Waals surface area contributed by atoms with E-state index in [4.69, 9.17) is 16.3 Å². The highest BCUT2D eigenvalue weighted by atomic mass is 35.5. The van der Waals surface area contributed by atoms with Crippen LogP contribution in [0.3, 0.4) is 0 Å². The summed E-state index contributed by atoms with van der Waals surface area (Å²) in [5.41, 5.74) is -0.643. The number of hydrogen-bond acceptors (Lipinski definition) is 2. The molecule has 0 heterocycles. The van der Waals surface area contributed by atoms with E-state index >= 15 is 0 Å². The van der Waals surface area contributed by atoms with Gasteiger partial charge >= 0.3 is 6.09 Å². The Morgan fingerprint density at radius 3 is 2.41 bits per heavy atom. The fourth-order valence-corrected chi connectivity index (χ4v) is 1.26. The Morgan fingerprint density at radius 1 is 1.35 bits per heavy atom. The van der Waals surface area contributed by atoms with Gasteiger partial charge in [-0.25, -0.2) is 13.6 Å². The van der Waals surface area contributed by atoms with Crippen molar-refractivity contribution in [2.75, 3.05) is 5.32 Å². The molecule has 0 spiro atoms. The van der Waals surface area contributed by atoms with E-state index in [1.165, 1.54) is 0 Å². The number of hydrogen-bond donors (Lipinski definition) is 1. The topological polar surface area (TPSA) is 38.3 Å². The van der Waals surface area contributed by atoms with Gasteiger partial charge in [0.15, 0.2) is 11.6 Å².